The van der Waals surface area contributed by atoms with E-state index in [1.165, 1.54) is 21.9 Å². The van der Waals surface area contributed by atoms with Gasteiger partial charge in [-0.25, -0.2) is 13.2 Å². The molecule has 0 unspecified atom stereocenters. The minimum absolute atomic E-state index is 0.0421. The van der Waals surface area contributed by atoms with Gasteiger partial charge in [0.05, 0.1) is 0 Å². The third-order valence-corrected chi connectivity index (χ3v) is 5.13. The first-order valence-corrected chi connectivity index (χ1v) is 9.08. The Balaban J connectivity index is 1.47. The molecule has 3 aromatic rings. The van der Waals surface area contributed by atoms with E-state index in [4.69, 9.17) is 4.42 Å². The highest BCUT2D eigenvalue weighted by atomic mass is 19.2. The Kier molecular flexibility index (Phi) is 4.77. The summed E-state index contributed by atoms with van der Waals surface area (Å²) in [6, 6.07) is 7.50. The maximum Gasteiger partial charge on any atom is 0.290 e. The molecule has 1 aliphatic rings. The van der Waals surface area contributed by atoms with Crippen LogP contribution in [0.25, 0.3) is 11.0 Å². The van der Waals surface area contributed by atoms with E-state index < -0.39 is 23.4 Å². The minimum Gasteiger partial charge on any atom is -0.448 e. The van der Waals surface area contributed by atoms with E-state index in [1.807, 2.05) is 0 Å². The number of para-hydroxylation sites is 1. The first-order chi connectivity index (χ1) is 13.9. The van der Waals surface area contributed by atoms with Gasteiger partial charge in [-0.15, -0.1) is 0 Å². The van der Waals surface area contributed by atoms with Crippen LogP contribution in [0.4, 0.5) is 13.2 Å². The molecule has 0 atom stereocenters. The van der Waals surface area contributed by atoms with Gasteiger partial charge in [-0.2, -0.15) is 0 Å². The fraction of sp³-hybridized carbons (Fsp3) is 0.238. The molecule has 1 fully saturated rings. The van der Waals surface area contributed by atoms with Gasteiger partial charge in [0.2, 0.25) is 0 Å². The van der Waals surface area contributed by atoms with Crippen LogP contribution < -0.4 is 0 Å². The molecule has 29 heavy (non-hydrogen) atoms. The van der Waals surface area contributed by atoms with Crippen molar-refractivity contribution in [3.05, 3.63) is 70.7 Å². The third-order valence-electron chi connectivity index (χ3n) is 5.13. The topological polar surface area (TPSA) is 53.8 Å². The maximum atomic E-state index is 13.9. The fourth-order valence-electron chi connectivity index (χ4n) is 3.48. The molecule has 150 valence electrons. The van der Waals surface area contributed by atoms with E-state index in [-0.39, 0.29) is 49.0 Å². The van der Waals surface area contributed by atoms with Crippen LogP contribution in [-0.4, -0.2) is 47.8 Å². The van der Waals surface area contributed by atoms with Gasteiger partial charge in [0.15, 0.2) is 28.8 Å². The number of carbonyl (C=O) groups is 2. The lowest BCUT2D eigenvalue weighted by atomic mass is 10.1. The smallest absolute Gasteiger partial charge is 0.290 e. The van der Waals surface area contributed by atoms with Crippen molar-refractivity contribution in [2.75, 3.05) is 26.2 Å². The molecule has 0 N–H and O–H groups in total. The highest BCUT2D eigenvalue weighted by Gasteiger charge is 2.29. The molecule has 8 heteroatoms. The average molecular weight is 402 g/mol. The van der Waals surface area contributed by atoms with Gasteiger partial charge < -0.3 is 14.2 Å². The standard InChI is InChI=1S/C21H17F3N2O3/c1-12-14-3-2-4-16(23)19(14)29-18(12)21(28)26-9-7-25(8-10-26)20(27)13-5-6-15(22)17(24)11-13/h2-6,11H,7-10H2,1H3. The molecule has 0 spiro atoms. The number of furan rings is 1. The van der Waals surface area contributed by atoms with Gasteiger partial charge in [0.1, 0.15) is 0 Å². The molecule has 1 aliphatic heterocycles. The summed E-state index contributed by atoms with van der Waals surface area (Å²) in [5.41, 5.74) is 0.651. The van der Waals surface area contributed by atoms with E-state index in [1.54, 1.807) is 19.1 Å². The van der Waals surface area contributed by atoms with Gasteiger partial charge in [-0.3, -0.25) is 9.59 Å². The van der Waals surface area contributed by atoms with Crippen molar-refractivity contribution in [3.63, 3.8) is 0 Å². The van der Waals surface area contributed by atoms with Crippen LogP contribution in [0.3, 0.4) is 0 Å². The van der Waals surface area contributed by atoms with Crippen molar-refractivity contribution in [1.82, 2.24) is 9.80 Å². The SMILES string of the molecule is Cc1c(C(=O)N2CCN(C(=O)c3ccc(F)c(F)c3)CC2)oc2c(F)cccc12. The Hall–Kier alpha value is -3.29. The molecular weight excluding hydrogens is 385 g/mol. The highest BCUT2D eigenvalue weighted by molar-refractivity contribution is 5.99. The number of hydrogen-bond acceptors (Lipinski definition) is 3. The van der Waals surface area contributed by atoms with Crippen molar-refractivity contribution in [3.8, 4) is 0 Å². The molecule has 0 aliphatic carbocycles. The van der Waals surface area contributed by atoms with Crippen LogP contribution in [0.2, 0.25) is 0 Å². The summed E-state index contributed by atoms with van der Waals surface area (Å²) in [5, 5.41) is 0.542. The van der Waals surface area contributed by atoms with Crippen molar-refractivity contribution in [2.24, 2.45) is 0 Å². The van der Waals surface area contributed by atoms with E-state index in [9.17, 15) is 22.8 Å². The number of benzene rings is 2. The molecule has 0 bridgehead atoms. The van der Waals surface area contributed by atoms with Gasteiger partial charge in [-0.1, -0.05) is 12.1 Å². The number of rotatable bonds is 2. The number of amides is 2. The zero-order chi connectivity index (χ0) is 20.7. The Morgan fingerprint density at radius 1 is 0.862 bits per heavy atom. The van der Waals surface area contributed by atoms with Gasteiger partial charge in [-0.05, 0) is 31.2 Å². The summed E-state index contributed by atoms with van der Waals surface area (Å²) in [4.78, 5) is 28.3. The van der Waals surface area contributed by atoms with E-state index in [2.05, 4.69) is 0 Å². The summed E-state index contributed by atoms with van der Waals surface area (Å²) < 4.78 is 45.9. The van der Waals surface area contributed by atoms with E-state index >= 15 is 0 Å². The Bertz CT molecular complexity index is 1120. The molecule has 2 heterocycles. The van der Waals surface area contributed by atoms with Gasteiger partial charge in [0.25, 0.3) is 11.8 Å². The lowest BCUT2D eigenvalue weighted by molar-refractivity contribution is 0.0518. The van der Waals surface area contributed by atoms with E-state index in [0.717, 1.165) is 12.1 Å². The maximum absolute atomic E-state index is 13.9. The third kappa shape index (κ3) is 3.35. The summed E-state index contributed by atoms with van der Waals surface area (Å²) in [6.07, 6.45) is 0. The second-order valence-electron chi connectivity index (χ2n) is 6.89. The van der Waals surface area contributed by atoms with Crippen molar-refractivity contribution < 1.29 is 27.2 Å². The quantitative estimate of drug-likeness (QED) is 0.656. The number of carbonyl (C=O) groups excluding carboxylic acids is 2. The molecule has 0 radical (unpaired) electrons. The zero-order valence-electron chi connectivity index (χ0n) is 15.5. The molecule has 2 amide bonds. The minimum atomic E-state index is -1.09. The van der Waals surface area contributed by atoms with Crippen LogP contribution in [0.15, 0.2) is 40.8 Å². The second-order valence-corrected chi connectivity index (χ2v) is 6.89. The van der Waals surface area contributed by atoms with Crippen LogP contribution in [0.1, 0.15) is 26.5 Å². The first kappa shape index (κ1) is 19.0. The summed E-state index contributed by atoms with van der Waals surface area (Å²) in [6.45, 7) is 2.65. The second kappa shape index (κ2) is 7.27. The van der Waals surface area contributed by atoms with Crippen molar-refractivity contribution >= 4 is 22.8 Å². The van der Waals surface area contributed by atoms with Gasteiger partial charge in [0, 0.05) is 42.7 Å². The largest absolute Gasteiger partial charge is 0.448 e. The predicted molar refractivity (Wildman–Crippen MR) is 99.1 cm³/mol. The van der Waals surface area contributed by atoms with Crippen LogP contribution in [0, 0.1) is 24.4 Å². The Labute approximate surface area is 164 Å². The number of fused-ring (bicyclic) bond motifs is 1. The highest BCUT2D eigenvalue weighted by Crippen LogP contribution is 2.28. The van der Waals surface area contributed by atoms with E-state index in [0.29, 0.717) is 10.9 Å². The Morgan fingerprint density at radius 3 is 2.14 bits per heavy atom. The predicted octanol–water partition coefficient (Wildman–Crippen LogP) is 3.76. The van der Waals surface area contributed by atoms with Crippen molar-refractivity contribution in [1.29, 1.82) is 0 Å². The number of hydrogen-bond donors (Lipinski definition) is 0. The van der Waals surface area contributed by atoms with Gasteiger partial charge >= 0.3 is 0 Å². The summed E-state index contributed by atoms with van der Waals surface area (Å²) >= 11 is 0. The monoisotopic (exact) mass is 402 g/mol. The molecule has 1 aromatic heterocycles. The molecule has 1 saturated heterocycles. The summed E-state index contributed by atoms with van der Waals surface area (Å²) in [5.74, 6) is -3.38. The average Bonchev–Trinajstić information content (AvgIpc) is 3.07. The Morgan fingerprint density at radius 2 is 1.52 bits per heavy atom. The number of piperazine rings is 1. The first-order valence-electron chi connectivity index (χ1n) is 9.08. The molecule has 2 aromatic carbocycles. The molecule has 0 saturated carbocycles. The number of aryl methyl sites for hydroxylation is 1. The van der Waals surface area contributed by atoms with Crippen molar-refractivity contribution in [2.45, 2.75) is 6.92 Å². The normalized spacial score (nSPS) is 14.5. The van der Waals surface area contributed by atoms with Crippen LogP contribution in [-0.2, 0) is 0 Å². The van der Waals surface area contributed by atoms with Crippen LogP contribution >= 0.6 is 0 Å². The number of halogens is 3. The molecule has 5 nitrogen and oxygen atoms in total. The molecule has 4 rings (SSSR count). The zero-order valence-corrected chi connectivity index (χ0v) is 15.5. The lowest BCUT2D eigenvalue weighted by Crippen LogP contribution is -2.50. The number of nitrogens with zero attached hydrogens (tertiary/aromatic N) is 2. The molecular formula is C21H17F3N2O3. The summed E-state index contributed by atoms with van der Waals surface area (Å²) in [7, 11) is 0. The van der Waals surface area contributed by atoms with Crippen LogP contribution in [0.5, 0.6) is 0 Å². The fourth-order valence-corrected chi connectivity index (χ4v) is 3.48. The lowest BCUT2D eigenvalue weighted by Gasteiger charge is -2.34.